The molecule has 1 atom stereocenters. The minimum Gasteiger partial charge on any atom is -0.481 e. The van der Waals surface area contributed by atoms with Crippen LogP contribution in [0.15, 0.2) is 18.2 Å². The molecule has 96 valence electrons. The molecule has 3 N–H and O–H groups in total. The maximum absolute atomic E-state index is 11.2. The first-order valence-electron chi connectivity index (χ1n) is 5.85. The fourth-order valence-corrected chi connectivity index (χ4v) is 2.16. The number of carboxylic acid groups (broad SMARTS) is 1. The number of hydrogen-bond acceptors (Lipinski definition) is 3. The van der Waals surface area contributed by atoms with Crippen LogP contribution < -0.4 is 5.32 Å². The van der Waals surface area contributed by atoms with E-state index in [1.165, 1.54) is 0 Å². The number of carbonyl (C=O) groups excluding carboxylic acids is 1. The highest BCUT2D eigenvalue weighted by atomic mass is 16.4. The number of aliphatic carboxylic acids is 1. The molecule has 0 saturated heterocycles. The number of hydrogen-bond donors (Lipinski definition) is 3. The SMILES string of the molecule is O=C(O)CC(CO)c1ccc2c(c1)CCC(=O)N2. The maximum atomic E-state index is 11.2. The number of fused-ring (bicyclic) bond motifs is 1. The summed E-state index contributed by atoms with van der Waals surface area (Å²) in [5.74, 6) is -1.33. The van der Waals surface area contributed by atoms with Gasteiger partial charge in [-0.1, -0.05) is 12.1 Å². The van der Waals surface area contributed by atoms with Crippen molar-refractivity contribution in [2.45, 2.75) is 25.2 Å². The Morgan fingerprint density at radius 1 is 1.39 bits per heavy atom. The zero-order valence-corrected chi connectivity index (χ0v) is 9.85. The molecule has 5 nitrogen and oxygen atoms in total. The monoisotopic (exact) mass is 249 g/mol. The van der Waals surface area contributed by atoms with E-state index in [2.05, 4.69) is 5.32 Å². The second kappa shape index (κ2) is 5.18. The van der Waals surface area contributed by atoms with Crippen molar-refractivity contribution in [2.24, 2.45) is 0 Å². The number of benzene rings is 1. The van der Waals surface area contributed by atoms with Gasteiger partial charge in [-0.05, 0) is 23.6 Å². The molecule has 1 aliphatic rings. The third-order valence-corrected chi connectivity index (χ3v) is 3.14. The Morgan fingerprint density at radius 3 is 2.83 bits per heavy atom. The number of carbonyl (C=O) groups is 2. The van der Waals surface area contributed by atoms with Crippen molar-refractivity contribution >= 4 is 17.6 Å². The van der Waals surface area contributed by atoms with E-state index in [4.69, 9.17) is 5.11 Å². The summed E-state index contributed by atoms with van der Waals surface area (Å²) in [5, 5.41) is 20.8. The quantitative estimate of drug-likeness (QED) is 0.746. The molecule has 0 spiro atoms. The number of nitrogens with one attached hydrogen (secondary N) is 1. The molecule has 0 bridgehead atoms. The molecule has 0 fully saturated rings. The fourth-order valence-electron chi connectivity index (χ4n) is 2.16. The van der Waals surface area contributed by atoms with E-state index in [0.29, 0.717) is 12.8 Å². The molecule has 1 aliphatic heterocycles. The molecule has 1 heterocycles. The third-order valence-electron chi connectivity index (χ3n) is 3.14. The van der Waals surface area contributed by atoms with Gasteiger partial charge in [0.05, 0.1) is 13.0 Å². The summed E-state index contributed by atoms with van der Waals surface area (Å²) in [4.78, 5) is 21.9. The van der Waals surface area contributed by atoms with E-state index in [9.17, 15) is 14.7 Å². The van der Waals surface area contributed by atoms with E-state index in [-0.39, 0.29) is 18.9 Å². The third kappa shape index (κ3) is 2.68. The molecule has 1 aromatic carbocycles. The predicted molar refractivity (Wildman–Crippen MR) is 65.5 cm³/mol. The molecule has 1 amide bonds. The molecular weight excluding hydrogens is 234 g/mol. The zero-order valence-electron chi connectivity index (χ0n) is 9.85. The molecule has 0 aromatic heterocycles. The summed E-state index contributed by atoms with van der Waals surface area (Å²) in [7, 11) is 0. The van der Waals surface area contributed by atoms with Crippen LogP contribution in [0.5, 0.6) is 0 Å². The standard InChI is InChI=1S/C13H15NO4/c15-7-10(6-13(17)18)8-1-3-11-9(5-8)2-4-12(16)14-11/h1,3,5,10,15H,2,4,6-7H2,(H,14,16)(H,17,18). The van der Waals surface area contributed by atoms with Gasteiger partial charge >= 0.3 is 5.97 Å². The van der Waals surface area contributed by atoms with E-state index < -0.39 is 11.9 Å². The van der Waals surface area contributed by atoms with E-state index >= 15 is 0 Å². The molecular formula is C13H15NO4. The molecule has 1 unspecified atom stereocenters. The lowest BCUT2D eigenvalue weighted by Gasteiger charge is -2.20. The lowest BCUT2D eigenvalue weighted by Crippen LogP contribution is -2.19. The first-order chi connectivity index (χ1) is 8.60. The number of anilines is 1. The van der Waals surface area contributed by atoms with Gasteiger partial charge < -0.3 is 15.5 Å². The van der Waals surface area contributed by atoms with Gasteiger partial charge in [0.25, 0.3) is 0 Å². The highest BCUT2D eigenvalue weighted by molar-refractivity contribution is 5.93. The molecule has 0 aliphatic carbocycles. The van der Waals surface area contributed by atoms with Crippen LogP contribution in [0.4, 0.5) is 5.69 Å². The molecule has 2 rings (SSSR count). The highest BCUT2D eigenvalue weighted by Crippen LogP contribution is 2.28. The second-order valence-corrected chi connectivity index (χ2v) is 4.44. The molecule has 5 heteroatoms. The van der Waals surface area contributed by atoms with Gasteiger partial charge in [-0.3, -0.25) is 9.59 Å². The highest BCUT2D eigenvalue weighted by Gasteiger charge is 2.19. The largest absolute Gasteiger partial charge is 0.481 e. The Hall–Kier alpha value is -1.88. The summed E-state index contributed by atoms with van der Waals surface area (Å²) in [6, 6.07) is 5.40. The average Bonchev–Trinajstić information content (AvgIpc) is 2.35. The fraction of sp³-hybridized carbons (Fsp3) is 0.385. The molecule has 0 radical (unpaired) electrons. The van der Waals surface area contributed by atoms with Gasteiger partial charge in [0.2, 0.25) is 5.91 Å². The predicted octanol–water partition coefficient (Wildman–Crippen LogP) is 1.12. The molecule has 1 aromatic rings. The second-order valence-electron chi connectivity index (χ2n) is 4.44. The summed E-state index contributed by atoms with van der Waals surface area (Å²) < 4.78 is 0. The normalized spacial score (nSPS) is 15.7. The van der Waals surface area contributed by atoms with Gasteiger partial charge in [-0.25, -0.2) is 0 Å². The first kappa shape index (κ1) is 12.6. The van der Waals surface area contributed by atoms with Crippen molar-refractivity contribution in [2.75, 3.05) is 11.9 Å². The number of amides is 1. The zero-order chi connectivity index (χ0) is 13.1. The Bertz CT molecular complexity index is 484. The Morgan fingerprint density at radius 2 is 2.17 bits per heavy atom. The number of aliphatic hydroxyl groups is 1. The van der Waals surface area contributed by atoms with Gasteiger partial charge in [0, 0.05) is 18.0 Å². The van der Waals surface area contributed by atoms with Crippen LogP contribution in [0.2, 0.25) is 0 Å². The van der Waals surface area contributed by atoms with E-state index in [0.717, 1.165) is 16.8 Å². The van der Waals surface area contributed by atoms with Crippen molar-refractivity contribution in [1.82, 2.24) is 0 Å². The maximum Gasteiger partial charge on any atom is 0.304 e. The van der Waals surface area contributed by atoms with Gasteiger partial charge in [0.1, 0.15) is 0 Å². The van der Waals surface area contributed by atoms with Crippen LogP contribution in [-0.2, 0) is 16.0 Å². The van der Waals surface area contributed by atoms with Gasteiger partial charge in [-0.15, -0.1) is 0 Å². The van der Waals surface area contributed by atoms with Gasteiger partial charge in [0.15, 0.2) is 0 Å². The van der Waals surface area contributed by atoms with Crippen molar-refractivity contribution in [3.8, 4) is 0 Å². The summed E-state index contributed by atoms with van der Waals surface area (Å²) in [5.41, 5.74) is 2.58. The van der Waals surface area contributed by atoms with Crippen LogP contribution in [0, 0.1) is 0 Å². The van der Waals surface area contributed by atoms with Crippen molar-refractivity contribution in [1.29, 1.82) is 0 Å². The minimum absolute atomic E-state index is 0.000468. The lowest BCUT2D eigenvalue weighted by molar-refractivity contribution is -0.137. The molecule has 18 heavy (non-hydrogen) atoms. The number of aliphatic hydroxyl groups excluding tert-OH is 1. The Balaban J connectivity index is 2.24. The van der Waals surface area contributed by atoms with Crippen LogP contribution in [0.3, 0.4) is 0 Å². The van der Waals surface area contributed by atoms with Crippen molar-refractivity contribution in [3.63, 3.8) is 0 Å². The lowest BCUT2D eigenvalue weighted by atomic mass is 9.92. The Kier molecular flexibility index (Phi) is 3.62. The number of carboxylic acids is 1. The van der Waals surface area contributed by atoms with Crippen LogP contribution in [-0.4, -0.2) is 28.7 Å². The topological polar surface area (TPSA) is 86.6 Å². The van der Waals surface area contributed by atoms with Crippen molar-refractivity contribution < 1.29 is 19.8 Å². The van der Waals surface area contributed by atoms with Gasteiger partial charge in [-0.2, -0.15) is 0 Å². The van der Waals surface area contributed by atoms with E-state index in [1.807, 2.05) is 6.07 Å². The summed E-state index contributed by atoms with van der Waals surface area (Å²) in [6.45, 7) is -0.197. The number of aryl methyl sites for hydroxylation is 1. The van der Waals surface area contributed by atoms with E-state index in [1.54, 1.807) is 12.1 Å². The minimum atomic E-state index is -0.930. The molecule has 0 saturated carbocycles. The number of rotatable bonds is 4. The first-order valence-corrected chi connectivity index (χ1v) is 5.85. The smallest absolute Gasteiger partial charge is 0.304 e. The Labute approximate surface area is 104 Å². The summed E-state index contributed by atoms with van der Waals surface area (Å²) in [6.07, 6.45) is 1.00. The summed E-state index contributed by atoms with van der Waals surface area (Å²) >= 11 is 0. The van der Waals surface area contributed by atoms with Crippen LogP contribution in [0.1, 0.15) is 29.9 Å². The van der Waals surface area contributed by atoms with Crippen molar-refractivity contribution in [3.05, 3.63) is 29.3 Å². The van der Waals surface area contributed by atoms with Crippen LogP contribution >= 0.6 is 0 Å². The van der Waals surface area contributed by atoms with Crippen LogP contribution in [0.25, 0.3) is 0 Å². The average molecular weight is 249 g/mol.